The van der Waals surface area contributed by atoms with E-state index in [0.29, 0.717) is 18.7 Å². The Hall–Kier alpha value is -3.81. The molecule has 0 N–H and O–H groups in total. The van der Waals surface area contributed by atoms with E-state index in [1.54, 1.807) is 6.20 Å². The lowest BCUT2D eigenvalue weighted by molar-refractivity contribution is 0.0748. The molecule has 5 rings (SSSR count). The van der Waals surface area contributed by atoms with Crippen LogP contribution < -0.4 is 4.90 Å². The van der Waals surface area contributed by atoms with Gasteiger partial charge in [0.05, 0.1) is 22.8 Å². The van der Waals surface area contributed by atoms with Gasteiger partial charge in [-0.25, -0.2) is 19.6 Å². The summed E-state index contributed by atoms with van der Waals surface area (Å²) in [5.74, 6) is 2.09. The normalized spacial score (nSPS) is 14.3. The molecule has 1 aliphatic heterocycles. The van der Waals surface area contributed by atoms with Crippen molar-refractivity contribution in [2.24, 2.45) is 0 Å². The smallest absolute Gasteiger partial charge is 0.254 e. The number of hydrogen-bond acceptors (Lipinski definition) is 6. The van der Waals surface area contributed by atoms with Gasteiger partial charge < -0.3 is 9.80 Å². The maximum Gasteiger partial charge on any atom is 0.254 e. The Kier molecular flexibility index (Phi) is 6.67. The number of fused-ring (bicyclic) bond motifs is 1. The molecular formula is C29H35N7O. The molecule has 4 heterocycles. The molecule has 0 unspecified atom stereocenters. The molecule has 192 valence electrons. The van der Waals surface area contributed by atoms with Gasteiger partial charge in [-0.3, -0.25) is 4.79 Å². The number of carbonyl (C=O) groups excluding carboxylic acids is 1. The summed E-state index contributed by atoms with van der Waals surface area (Å²) in [6, 6.07) is 12.3. The third-order valence-electron chi connectivity index (χ3n) is 6.97. The summed E-state index contributed by atoms with van der Waals surface area (Å²) in [6.45, 7) is 15.2. The van der Waals surface area contributed by atoms with Crippen LogP contribution in [0.2, 0.25) is 0 Å². The molecule has 1 aliphatic rings. The van der Waals surface area contributed by atoms with Crippen LogP contribution in [0, 0.1) is 13.8 Å². The van der Waals surface area contributed by atoms with Crippen molar-refractivity contribution in [3.63, 3.8) is 0 Å². The number of anilines is 1. The predicted octanol–water partition coefficient (Wildman–Crippen LogP) is 5.17. The first-order valence-electron chi connectivity index (χ1n) is 13.1. The van der Waals surface area contributed by atoms with Gasteiger partial charge in [0.2, 0.25) is 0 Å². The van der Waals surface area contributed by atoms with Crippen molar-refractivity contribution in [2.45, 2.75) is 53.5 Å². The van der Waals surface area contributed by atoms with Gasteiger partial charge in [0.25, 0.3) is 5.91 Å². The molecule has 8 heteroatoms. The number of nitrogens with zero attached hydrogens (tertiary/aromatic N) is 7. The van der Waals surface area contributed by atoms with Gasteiger partial charge in [0, 0.05) is 55.5 Å². The van der Waals surface area contributed by atoms with Crippen LogP contribution in [-0.2, 0) is 0 Å². The van der Waals surface area contributed by atoms with Crippen LogP contribution in [0.1, 0.15) is 67.1 Å². The second-order valence-electron chi connectivity index (χ2n) is 10.4. The Labute approximate surface area is 218 Å². The Balaban J connectivity index is 1.46. The maximum absolute atomic E-state index is 13.9. The summed E-state index contributed by atoms with van der Waals surface area (Å²) in [6.07, 6.45) is 1.78. The van der Waals surface area contributed by atoms with E-state index in [9.17, 15) is 4.79 Å². The Bertz CT molecular complexity index is 1450. The molecule has 3 aromatic heterocycles. The molecule has 0 radical (unpaired) electrons. The van der Waals surface area contributed by atoms with Gasteiger partial charge >= 0.3 is 0 Å². The van der Waals surface area contributed by atoms with Crippen molar-refractivity contribution in [3.8, 4) is 11.3 Å². The van der Waals surface area contributed by atoms with Gasteiger partial charge in [0.15, 0.2) is 5.65 Å². The molecule has 37 heavy (non-hydrogen) atoms. The third kappa shape index (κ3) is 4.80. The first-order valence-corrected chi connectivity index (χ1v) is 13.1. The summed E-state index contributed by atoms with van der Waals surface area (Å²) in [5, 5.41) is 5.38. The van der Waals surface area contributed by atoms with Crippen LogP contribution in [-0.4, -0.2) is 61.7 Å². The topological polar surface area (TPSA) is 80.0 Å². The zero-order valence-corrected chi connectivity index (χ0v) is 22.6. The van der Waals surface area contributed by atoms with Gasteiger partial charge in [-0.2, -0.15) is 5.10 Å². The quantitative estimate of drug-likeness (QED) is 0.378. The van der Waals surface area contributed by atoms with Gasteiger partial charge in [-0.15, -0.1) is 0 Å². The van der Waals surface area contributed by atoms with Crippen LogP contribution in [0.25, 0.3) is 22.3 Å². The lowest BCUT2D eigenvalue weighted by atomic mass is 10.0. The van der Waals surface area contributed by atoms with Crippen molar-refractivity contribution in [1.29, 1.82) is 0 Å². The van der Waals surface area contributed by atoms with Gasteiger partial charge in [-0.1, -0.05) is 38.1 Å². The van der Waals surface area contributed by atoms with E-state index >= 15 is 0 Å². The number of pyridine rings is 1. The number of carbonyl (C=O) groups is 1. The Morgan fingerprint density at radius 1 is 0.919 bits per heavy atom. The Morgan fingerprint density at radius 2 is 1.65 bits per heavy atom. The zero-order chi connectivity index (χ0) is 26.3. The van der Waals surface area contributed by atoms with Gasteiger partial charge in [-0.05, 0) is 39.3 Å². The average molecular weight is 498 g/mol. The largest absolute Gasteiger partial charge is 0.353 e. The molecule has 0 atom stereocenters. The van der Waals surface area contributed by atoms with Crippen molar-refractivity contribution < 1.29 is 4.79 Å². The third-order valence-corrected chi connectivity index (χ3v) is 6.97. The van der Waals surface area contributed by atoms with Gasteiger partial charge in [0.1, 0.15) is 11.6 Å². The molecule has 4 aromatic rings. The SMILES string of the molecule is Cc1cc(N2CCN(C(=O)c3cc(-c4ccccc4C)nc4c3cnn4C(C)C)CC2)nc(C(C)C)n1. The molecule has 1 fully saturated rings. The van der Waals surface area contributed by atoms with Crippen molar-refractivity contribution >= 4 is 22.8 Å². The molecule has 8 nitrogen and oxygen atoms in total. The number of piperazine rings is 1. The van der Waals surface area contributed by atoms with E-state index in [2.05, 4.69) is 61.7 Å². The number of amides is 1. The van der Waals surface area contributed by atoms with Crippen LogP contribution in [0.4, 0.5) is 5.82 Å². The fraction of sp³-hybridized carbons (Fsp3) is 0.414. The van der Waals surface area contributed by atoms with Crippen molar-refractivity contribution in [3.05, 3.63) is 65.2 Å². The summed E-state index contributed by atoms with van der Waals surface area (Å²) in [5.41, 5.74) is 5.32. The molecule has 0 spiro atoms. The summed E-state index contributed by atoms with van der Waals surface area (Å²) >= 11 is 0. The molecule has 0 saturated carbocycles. The number of aryl methyl sites for hydroxylation is 2. The molecule has 0 bridgehead atoms. The lowest BCUT2D eigenvalue weighted by Crippen LogP contribution is -2.49. The zero-order valence-electron chi connectivity index (χ0n) is 22.6. The van der Waals surface area contributed by atoms with E-state index in [0.717, 1.165) is 58.3 Å². The van der Waals surface area contributed by atoms with E-state index < -0.39 is 0 Å². The number of aromatic nitrogens is 5. The van der Waals surface area contributed by atoms with Crippen molar-refractivity contribution in [1.82, 2.24) is 29.6 Å². The predicted molar refractivity (Wildman–Crippen MR) is 147 cm³/mol. The Morgan fingerprint density at radius 3 is 2.32 bits per heavy atom. The lowest BCUT2D eigenvalue weighted by Gasteiger charge is -2.35. The van der Waals surface area contributed by atoms with E-state index in [4.69, 9.17) is 9.97 Å². The monoisotopic (exact) mass is 497 g/mol. The first-order chi connectivity index (χ1) is 17.7. The second kappa shape index (κ2) is 9.92. The van der Waals surface area contributed by atoms with E-state index in [1.165, 1.54) is 0 Å². The number of rotatable bonds is 5. The molecule has 1 aromatic carbocycles. The summed E-state index contributed by atoms with van der Waals surface area (Å²) in [7, 11) is 0. The standard InChI is InChI=1S/C29H35N7O/c1-18(2)27-31-21(6)15-26(33-27)34-11-13-35(14-12-34)29(37)23-16-25(22-10-8-7-9-20(22)5)32-28-24(23)17-30-36(28)19(3)4/h7-10,15-19H,11-14H2,1-6H3. The summed E-state index contributed by atoms with van der Waals surface area (Å²) in [4.78, 5) is 32.4. The fourth-order valence-electron chi connectivity index (χ4n) is 4.87. The molecule has 1 saturated heterocycles. The second-order valence-corrected chi connectivity index (χ2v) is 10.4. The highest BCUT2D eigenvalue weighted by molar-refractivity contribution is 6.06. The highest BCUT2D eigenvalue weighted by Gasteiger charge is 2.27. The molecule has 0 aliphatic carbocycles. The van der Waals surface area contributed by atoms with Crippen LogP contribution in [0.15, 0.2) is 42.6 Å². The van der Waals surface area contributed by atoms with Crippen LogP contribution in [0.5, 0.6) is 0 Å². The van der Waals surface area contributed by atoms with Crippen molar-refractivity contribution in [2.75, 3.05) is 31.1 Å². The van der Waals surface area contributed by atoms with E-state index in [-0.39, 0.29) is 17.9 Å². The fourth-order valence-corrected chi connectivity index (χ4v) is 4.87. The summed E-state index contributed by atoms with van der Waals surface area (Å²) < 4.78 is 1.90. The minimum Gasteiger partial charge on any atom is -0.353 e. The maximum atomic E-state index is 13.9. The minimum atomic E-state index is 0.0203. The first kappa shape index (κ1) is 24.9. The number of hydrogen-bond donors (Lipinski definition) is 0. The highest BCUT2D eigenvalue weighted by Crippen LogP contribution is 2.29. The van der Waals surface area contributed by atoms with E-state index in [1.807, 2.05) is 40.8 Å². The highest BCUT2D eigenvalue weighted by atomic mass is 16.2. The average Bonchev–Trinajstić information content (AvgIpc) is 3.32. The molecular weight excluding hydrogens is 462 g/mol. The van der Waals surface area contributed by atoms with Crippen LogP contribution in [0.3, 0.4) is 0 Å². The minimum absolute atomic E-state index is 0.0203. The van der Waals surface area contributed by atoms with Crippen LogP contribution >= 0.6 is 0 Å². The number of benzene rings is 1. The molecule has 1 amide bonds.